The van der Waals surface area contributed by atoms with E-state index >= 15 is 0 Å². The van der Waals surface area contributed by atoms with Crippen molar-refractivity contribution < 1.29 is 34.6 Å². The predicted molar refractivity (Wildman–Crippen MR) is 121 cm³/mol. The highest BCUT2D eigenvalue weighted by atomic mass is 32.2. The van der Waals surface area contributed by atoms with Crippen molar-refractivity contribution in [1.29, 1.82) is 0 Å². The van der Waals surface area contributed by atoms with Gasteiger partial charge in [-0.1, -0.05) is 16.9 Å². The Bertz CT molecular complexity index is 1270. The zero-order valence-corrected chi connectivity index (χ0v) is 19.7. The number of carbonyl (C=O) groups excluding carboxylic acids is 2. The number of nitrogens with two attached hydrogens (primary N) is 1. The van der Waals surface area contributed by atoms with Gasteiger partial charge in [0.15, 0.2) is 10.8 Å². The predicted octanol–water partition coefficient (Wildman–Crippen LogP) is -1.49. The Morgan fingerprint density at radius 2 is 2.11 bits per heavy atom. The van der Waals surface area contributed by atoms with Crippen molar-refractivity contribution >= 4 is 69.5 Å². The minimum absolute atomic E-state index is 0.0306. The number of nitrogens with zero attached hydrogens (tertiary/aromatic N) is 7. The fourth-order valence-electron chi connectivity index (χ4n) is 3.29. The molecule has 184 valence electrons. The number of aliphatic carboxylic acids is 2. The number of thiazole rings is 1. The molecule has 35 heavy (non-hydrogen) atoms. The number of hydrogen-bond donors (Lipinski definition) is 5. The number of β-lactam (4-membered cyclic amide) rings is 1. The monoisotopic (exact) mass is 541 g/mol. The number of amides is 2. The normalized spacial score (nSPS) is 19.8. The lowest BCUT2D eigenvalue weighted by molar-refractivity contribution is -0.150. The van der Waals surface area contributed by atoms with Crippen LogP contribution in [0.15, 0.2) is 27.0 Å². The number of fused-ring (bicyclic) bond motifs is 1. The maximum Gasteiger partial charge on any atom is 0.352 e. The Hall–Kier alpha value is -3.71. The van der Waals surface area contributed by atoms with Gasteiger partial charge in [0, 0.05) is 16.9 Å². The summed E-state index contributed by atoms with van der Waals surface area (Å²) in [5.74, 6) is -3.68. The number of carboxylic acids is 2. The molecule has 1 saturated heterocycles. The highest BCUT2D eigenvalue weighted by Crippen LogP contribution is 2.41. The Balaban J connectivity index is 1.47. The molecule has 1 unspecified atom stereocenters. The van der Waals surface area contributed by atoms with Gasteiger partial charge in [-0.15, -0.1) is 28.2 Å². The van der Waals surface area contributed by atoms with Crippen molar-refractivity contribution in [2.75, 3.05) is 17.2 Å². The van der Waals surface area contributed by atoms with Gasteiger partial charge in [0.2, 0.25) is 5.16 Å². The smallest absolute Gasteiger partial charge is 0.352 e. The van der Waals surface area contributed by atoms with E-state index in [4.69, 9.17) is 10.8 Å². The van der Waals surface area contributed by atoms with Crippen molar-refractivity contribution in [1.82, 2.24) is 35.4 Å². The first kappa shape index (κ1) is 24.4. The minimum atomic E-state index is -1.33. The number of nitrogens with one attached hydrogen (secondary N) is 1. The highest BCUT2D eigenvalue weighted by Gasteiger charge is 2.54. The van der Waals surface area contributed by atoms with Crippen LogP contribution in [0.3, 0.4) is 0 Å². The molecule has 0 aliphatic carbocycles. The molecule has 19 heteroatoms. The molecule has 0 spiro atoms. The summed E-state index contributed by atoms with van der Waals surface area (Å²) >= 11 is 3.30. The molecule has 4 rings (SSSR count). The Morgan fingerprint density at radius 1 is 1.34 bits per heavy atom. The molecular formula is C16H15N9O7S3. The van der Waals surface area contributed by atoms with Gasteiger partial charge in [0.1, 0.15) is 29.4 Å². The summed E-state index contributed by atoms with van der Waals surface area (Å²) in [7, 11) is 0. The van der Waals surface area contributed by atoms with Gasteiger partial charge in [-0.25, -0.2) is 14.5 Å². The molecule has 0 saturated carbocycles. The average Bonchev–Trinajstić information content (AvgIpc) is 3.43. The molecule has 2 aliphatic heterocycles. The lowest BCUT2D eigenvalue weighted by Gasteiger charge is -2.49. The van der Waals surface area contributed by atoms with Crippen molar-refractivity contribution in [3.05, 3.63) is 22.3 Å². The minimum Gasteiger partial charge on any atom is -0.480 e. The molecule has 2 atom stereocenters. The number of nitrogen functional groups attached to an aromatic ring is 1. The van der Waals surface area contributed by atoms with Crippen LogP contribution in [0.2, 0.25) is 0 Å². The fourth-order valence-corrected chi connectivity index (χ4v) is 6.20. The van der Waals surface area contributed by atoms with E-state index in [2.05, 4.69) is 31.0 Å². The van der Waals surface area contributed by atoms with Gasteiger partial charge in [-0.2, -0.15) is 0 Å². The SMILES string of the molecule is Nc1nc(/C(=N\O)C(=O)NC2C(=O)N3C(C(=O)O)=C(CSc4nnnn4CC(=O)O)CS[C@H]23)cs1. The standard InChI is InChI=1S/C16H15N9O7S3/c17-15-18-6(4-34-15)8(21-32)11(28)19-9-12(29)25-10(14(30)31)5(2-33-13(9)25)3-35-16-20-22-23-24(16)1-7(26)27/h4,9,13,32H,1-3H2,(H2,17,18)(H,19,28)(H,26,27)(H,30,31)/b21-8+/t9?,13-/m1/s1. The van der Waals surface area contributed by atoms with Crippen LogP contribution in [-0.4, -0.2) is 97.9 Å². The third-order valence-corrected chi connectivity index (χ3v) is 7.83. The summed E-state index contributed by atoms with van der Waals surface area (Å²) in [5, 5.41) is 45.1. The van der Waals surface area contributed by atoms with E-state index in [0.717, 1.165) is 32.7 Å². The van der Waals surface area contributed by atoms with Crippen LogP contribution in [0.5, 0.6) is 0 Å². The molecule has 2 aliphatic rings. The Morgan fingerprint density at radius 3 is 2.74 bits per heavy atom. The number of anilines is 1. The molecule has 0 radical (unpaired) electrons. The molecular weight excluding hydrogens is 526 g/mol. The molecule has 16 nitrogen and oxygen atoms in total. The summed E-state index contributed by atoms with van der Waals surface area (Å²) in [6, 6.07) is -1.05. The topological polar surface area (TPSA) is 239 Å². The van der Waals surface area contributed by atoms with E-state index in [-0.39, 0.29) is 33.2 Å². The number of carboxylic acid groups (broad SMARTS) is 2. The van der Waals surface area contributed by atoms with Gasteiger partial charge >= 0.3 is 11.9 Å². The number of thioether (sulfide) groups is 2. The van der Waals surface area contributed by atoms with Crippen molar-refractivity contribution in [3.8, 4) is 0 Å². The molecule has 1 fully saturated rings. The number of carbonyl (C=O) groups is 4. The molecule has 2 aromatic heterocycles. The zero-order valence-electron chi connectivity index (χ0n) is 17.3. The number of aromatic nitrogens is 5. The van der Waals surface area contributed by atoms with E-state index < -0.39 is 47.4 Å². The summed E-state index contributed by atoms with van der Waals surface area (Å²) in [5.41, 5.74) is 5.31. The molecule has 4 heterocycles. The first-order valence-electron chi connectivity index (χ1n) is 9.46. The summed E-state index contributed by atoms with van der Waals surface area (Å²) in [4.78, 5) is 53.2. The van der Waals surface area contributed by atoms with E-state index in [9.17, 15) is 29.5 Å². The van der Waals surface area contributed by atoms with Crippen molar-refractivity contribution in [3.63, 3.8) is 0 Å². The van der Waals surface area contributed by atoms with Crippen LogP contribution in [0.25, 0.3) is 0 Å². The maximum absolute atomic E-state index is 12.8. The van der Waals surface area contributed by atoms with Crippen LogP contribution in [0, 0.1) is 0 Å². The first-order chi connectivity index (χ1) is 16.7. The first-order valence-corrected chi connectivity index (χ1v) is 12.4. The Kier molecular flexibility index (Phi) is 6.89. The van der Waals surface area contributed by atoms with Crippen LogP contribution in [0.1, 0.15) is 5.69 Å². The Labute approximate surface area is 207 Å². The number of oxime groups is 1. The third kappa shape index (κ3) is 4.77. The average molecular weight is 542 g/mol. The molecule has 0 aromatic carbocycles. The molecule has 2 amide bonds. The zero-order chi connectivity index (χ0) is 25.3. The second-order valence-electron chi connectivity index (χ2n) is 6.94. The summed E-state index contributed by atoms with van der Waals surface area (Å²) < 4.78 is 1.06. The summed E-state index contributed by atoms with van der Waals surface area (Å²) in [6.07, 6.45) is 0. The molecule has 2 aromatic rings. The summed E-state index contributed by atoms with van der Waals surface area (Å²) in [6.45, 7) is -0.463. The fraction of sp³-hybridized carbons (Fsp3) is 0.312. The number of rotatable bonds is 9. The third-order valence-electron chi connectivity index (χ3n) is 4.78. The maximum atomic E-state index is 12.8. The van der Waals surface area contributed by atoms with E-state index in [1.54, 1.807) is 0 Å². The van der Waals surface area contributed by atoms with Crippen molar-refractivity contribution in [2.24, 2.45) is 5.16 Å². The van der Waals surface area contributed by atoms with Gasteiger partial charge < -0.3 is 26.5 Å². The van der Waals surface area contributed by atoms with Crippen LogP contribution < -0.4 is 11.1 Å². The van der Waals surface area contributed by atoms with Gasteiger partial charge in [0.25, 0.3) is 11.8 Å². The second-order valence-corrected chi connectivity index (χ2v) is 9.88. The van der Waals surface area contributed by atoms with E-state index in [0.29, 0.717) is 5.57 Å². The van der Waals surface area contributed by atoms with E-state index in [1.165, 1.54) is 17.1 Å². The molecule has 6 N–H and O–H groups in total. The molecule has 0 bridgehead atoms. The quantitative estimate of drug-likeness (QED) is 0.0798. The van der Waals surface area contributed by atoms with Crippen LogP contribution in [0.4, 0.5) is 5.13 Å². The van der Waals surface area contributed by atoms with E-state index in [1.807, 2.05) is 0 Å². The van der Waals surface area contributed by atoms with Crippen molar-refractivity contribution in [2.45, 2.75) is 23.1 Å². The lowest BCUT2D eigenvalue weighted by atomic mass is 10.0. The van der Waals surface area contributed by atoms with Gasteiger partial charge in [-0.3, -0.25) is 19.3 Å². The second kappa shape index (κ2) is 9.88. The lowest BCUT2D eigenvalue weighted by Crippen LogP contribution is -2.71. The van der Waals surface area contributed by atoms with Gasteiger partial charge in [0.05, 0.1) is 0 Å². The largest absolute Gasteiger partial charge is 0.480 e. The highest BCUT2D eigenvalue weighted by molar-refractivity contribution is 8.01. The van der Waals surface area contributed by atoms with Crippen LogP contribution >= 0.6 is 34.9 Å². The number of tetrazole rings is 1. The van der Waals surface area contributed by atoms with Gasteiger partial charge in [-0.05, 0) is 16.0 Å². The van der Waals surface area contributed by atoms with Crippen LogP contribution in [-0.2, 0) is 25.7 Å². The number of hydrogen-bond acceptors (Lipinski definition) is 14.